The number of thioether (sulfide) groups is 1. The average Bonchev–Trinajstić information content (AvgIpc) is 2.81. The monoisotopic (exact) mass is 333 g/mol. The van der Waals surface area contributed by atoms with Crippen LogP contribution >= 0.6 is 11.8 Å². The van der Waals surface area contributed by atoms with Crippen LogP contribution in [-0.4, -0.2) is 43.4 Å². The molecule has 4 heteroatoms. The van der Waals surface area contributed by atoms with Crippen LogP contribution in [0.15, 0.2) is 29.2 Å². The lowest BCUT2D eigenvalue weighted by Crippen LogP contribution is -2.55. The predicted octanol–water partition coefficient (Wildman–Crippen LogP) is 3.61. The van der Waals surface area contributed by atoms with Crippen LogP contribution in [0.5, 0.6) is 0 Å². The van der Waals surface area contributed by atoms with Gasteiger partial charge in [-0.25, -0.2) is 0 Å². The van der Waals surface area contributed by atoms with E-state index in [1.54, 1.807) is 18.9 Å². The van der Waals surface area contributed by atoms with Crippen molar-refractivity contribution in [3.05, 3.63) is 29.8 Å². The highest BCUT2D eigenvalue weighted by Crippen LogP contribution is 2.62. The summed E-state index contributed by atoms with van der Waals surface area (Å²) in [7, 11) is 1.77. The molecule has 1 aliphatic heterocycles. The highest BCUT2D eigenvalue weighted by molar-refractivity contribution is 8.00. The summed E-state index contributed by atoms with van der Waals surface area (Å²) in [6, 6.07) is 8.26. The van der Waals surface area contributed by atoms with E-state index < -0.39 is 0 Å². The van der Waals surface area contributed by atoms with E-state index >= 15 is 0 Å². The SMILES string of the molecule is COC[C@@]12CN(C(=O)CSc3ccccc3C)C[C@@H]1C(C)(C)C2. The average molecular weight is 333 g/mol. The van der Waals surface area contributed by atoms with Crippen LogP contribution in [0.3, 0.4) is 0 Å². The summed E-state index contributed by atoms with van der Waals surface area (Å²) in [5.74, 6) is 1.36. The largest absolute Gasteiger partial charge is 0.384 e. The van der Waals surface area contributed by atoms with Gasteiger partial charge in [-0.15, -0.1) is 11.8 Å². The van der Waals surface area contributed by atoms with Crippen molar-refractivity contribution in [3.8, 4) is 0 Å². The van der Waals surface area contributed by atoms with Crippen molar-refractivity contribution in [3.63, 3.8) is 0 Å². The Morgan fingerprint density at radius 1 is 1.39 bits per heavy atom. The molecule has 0 unspecified atom stereocenters. The Labute approximate surface area is 143 Å². The van der Waals surface area contributed by atoms with Crippen molar-refractivity contribution in [2.75, 3.05) is 32.6 Å². The fraction of sp³-hybridized carbons (Fsp3) is 0.632. The first-order valence-electron chi connectivity index (χ1n) is 8.33. The van der Waals surface area contributed by atoms with E-state index in [-0.39, 0.29) is 11.3 Å². The van der Waals surface area contributed by atoms with Crippen molar-refractivity contribution in [1.29, 1.82) is 0 Å². The molecule has 0 radical (unpaired) electrons. The summed E-state index contributed by atoms with van der Waals surface area (Å²) in [6.45, 7) is 9.27. The normalized spacial score (nSPS) is 28.3. The predicted molar refractivity (Wildman–Crippen MR) is 94.7 cm³/mol. The molecule has 2 atom stereocenters. The van der Waals surface area contributed by atoms with E-state index in [2.05, 4.69) is 37.8 Å². The molecule has 3 rings (SSSR count). The van der Waals surface area contributed by atoms with Crippen LogP contribution in [0.2, 0.25) is 0 Å². The molecule has 0 N–H and O–H groups in total. The smallest absolute Gasteiger partial charge is 0.232 e. The summed E-state index contributed by atoms with van der Waals surface area (Å²) in [4.78, 5) is 15.9. The minimum atomic E-state index is 0.196. The van der Waals surface area contributed by atoms with Crippen molar-refractivity contribution >= 4 is 17.7 Å². The van der Waals surface area contributed by atoms with Crippen LogP contribution < -0.4 is 0 Å². The molecule has 1 saturated heterocycles. The Bertz CT molecular complexity index is 601. The molecule has 1 saturated carbocycles. The highest BCUT2D eigenvalue weighted by Gasteiger charge is 2.63. The van der Waals surface area contributed by atoms with Gasteiger partial charge in [-0.1, -0.05) is 32.0 Å². The van der Waals surface area contributed by atoms with E-state index in [4.69, 9.17) is 4.74 Å². The van der Waals surface area contributed by atoms with E-state index in [0.29, 0.717) is 17.1 Å². The van der Waals surface area contributed by atoms with Gasteiger partial charge >= 0.3 is 0 Å². The maximum absolute atomic E-state index is 12.7. The lowest BCUT2D eigenvalue weighted by molar-refractivity contribution is -0.128. The molecule has 2 aliphatic rings. The molecule has 2 fully saturated rings. The standard InChI is InChI=1S/C19H27NO2S/c1-14-7-5-6-8-15(14)23-10-17(21)20-9-16-18(2,3)11-19(16,12-20)13-22-4/h5-8,16H,9-13H2,1-4H3/t16-,19-/m1/s1. The Balaban J connectivity index is 1.62. The van der Waals surface area contributed by atoms with Gasteiger partial charge in [0.1, 0.15) is 0 Å². The van der Waals surface area contributed by atoms with Gasteiger partial charge in [0.15, 0.2) is 0 Å². The molecule has 1 heterocycles. The number of ether oxygens (including phenoxy) is 1. The van der Waals surface area contributed by atoms with Crippen molar-refractivity contribution in [2.45, 2.75) is 32.1 Å². The number of carbonyl (C=O) groups excluding carboxylic acids is 1. The topological polar surface area (TPSA) is 29.5 Å². The molecule has 3 nitrogen and oxygen atoms in total. The van der Waals surface area contributed by atoms with Crippen molar-refractivity contribution < 1.29 is 9.53 Å². The molecule has 1 aliphatic carbocycles. The number of nitrogens with zero attached hydrogens (tertiary/aromatic N) is 1. The third-order valence-electron chi connectivity index (χ3n) is 5.63. The molecular weight excluding hydrogens is 306 g/mol. The van der Waals surface area contributed by atoms with Gasteiger partial charge in [-0.05, 0) is 36.3 Å². The highest BCUT2D eigenvalue weighted by atomic mass is 32.2. The first kappa shape index (κ1) is 16.8. The number of hydrogen-bond acceptors (Lipinski definition) is 3. The summed E-state index contributed by atoms with van der Waals surface area (Å²) in [5, 5.41) is 0. The minimum Gasteiger partial charge on any atom is -0.384 e. The first-order chi connectivity index (χ1) is 10.9. The summed E-state index contributed by atoms with van der Waals surface area (Å²) in [6.07, 6.45) is 1.16. The van der Waals surface area contributed by atoms with Gasteiger partial charge in [-0.2, -0.15) is 0 Å². The first-order valence-corrected chi connectivity index (χ1v) is 9.32. The summed E-state index contributed by atoms with van der Waals surface area (Å²) >= 11 is 1.65. The number of methoxy groups -OCH3 is 1. The van der Waals surface area contributed by atoms with Gasteiger partial charge in [0.05, 0.1) is 12.4 Å². The fourth-order valence-electron chi connectivity index (χ4n) is 4.75. The van der Waals surface area contributed by atoms with Crippen LogP contribution in [-0.2, 0) is 9.53 Å². The Hall–Kier alpha value is -1.00. The third-order valence-corrected chi connectivity index (χ3v) is 6.79. The molecule has 1 aromatic rings. The van der Waals surface area contributed by atoms with Gasteiger partial charge in [-0.3, -0.25) is 4.79 Å². The molecular formula is C19H27NO2S. The van der Waals surface area contributed by atoms with Gasteiger partial charge in [0.2, 0.25) is 5.91 Å². The summed E-state index contributed by atoms with van der Waals surface area (Å²) in [5.41, 5.74) is 1.77. The fourth-order valence-corrected chi connectivity index (χ4v) is 5.68. The van der Waals surface area contributed by atoms with E-state index in [1.165, 1.54) is 10.5 Å². The quantitative estimate of drug-likeness (QED) is 0.771. The number of rotatable bonds is 5. The van der Waals surface area contributed by atoms with Gasteiger partial charge < -0.3 is 9.64 Å². The molecule has 0 aromatic heterocycles. The number of benzene rings is 1. The molecule has 0 spiro atoms. The maximum atomic E-state index is 12.7. The number of amides is 1. The number of hydrogen-bond donors (Lipinski definition) is 0. The van der Waals surface area contributed by atoms with Crippen LogP contribution in [0, 0.1) is 23.7 Å². The molecule has 1 aromatic carbocycles. The zero-order valence-electron chi connectivity index (χ0n) is 14.6. The summed E-state index contributed by atoms with van der Waals surface area (Å²) < 4.78 is 5.47. The Kier molecular flexibility index (Phi) is 4.49. The second-order valence-corrected chi connectivity index (χ2v) is 8.86. The molecule has 23 heavy (non-hydrogen) atoms. The number of carbonyl (C=O) groups is 1. The van der Waals surface area contributed by atoms with E-state index in [1.807, 2.05) is 12.1 Å². The maximum Gasteiger partial charge on any atom is 0.232 e. The molecule has 1 amide bonds. The Morgan fingerprint density at radius 2 is 2.13 bits per heavy atom. The minimum absolute atomic E-state index is 0.196. The molecule has 126 valence electrons. The van der Waals surface area contributed by atoms with Crippen LogP contribution in [0.25, 0.3) is 0 Å². The lowest BCUT2D eigenvalue weighted by Gasteiger charge is -2.56. The van der Waals surface area contributed by atoms with Crippen molar-refractivity contribution in [1.82, 2.24) is 4.90 Å². The second kappa shape index (κ2) is 6.14. The number of aryl methyl sites for hydroxylation is 1. The van der Waals surface area contributed by atoms with Gasteiger partial charge in [0, 0.05) is 30.5 Å². The van der Waals surface area contributed by atoms with Crippen LogP contribution in [0.1, 0.15) is 25.8 Å². The Morgan fingerprint density at radius 3 is 2.78 bits per heavy atom. The lowest BCUT2D eigenvalue weighted by atomic mass is 9.48. The van der Waals surface area contributed by atoms with Crippen LogP contribution in [0.4, 0.5) is 0 Å². The van der Waals surface area contributed by atoms with Gasteiger partial charge in [0.25, 0.3) is 0 Å². The zero-order valence-corrected chi connectivity index (χ0v) is 15.4. The second-order valence-electron chi connectivity index (χ2n) is 7.84. The van der Waals surface area contributed by atoms with E-state index in [9.17, 15) is 4.79 Å². The molecule has 0 bridgehead atoms. The third kappa shape index (κ3) is 3.03. The number of fused-ring (bicyclic) bond motifs is 1. The zero-order chi connectivity index (χ0) is 16.7. The number of likely N-dealkylation sites (tertiary alicyclic amines) is 1. The van der Waals surface area contributed by atoms with Crippen molar-refractivity contribution in [2.24, 2.45) is 16.7 Å². The van der Waals surface area contributed by atoms with E-state index in [0.717, 1.165) is 26.1 Å².